The summed E-state index contributed by atoms with van der Waals surface area (Å²) < 4.78 is 26.0. The number of likely N-dealkylation sites (N-methyl/N-ethyl adjacent to an activating group) is 1. The van der Waals surface area contributed by atoms with Gasteiger partial charge in [0.1, 0.15) is 5.54 Å². The van der Waals surface area contributed by atoms with Gasteiger partial charge in [-0.1, -0.05) is 25.1 Å². The van der Waals surface area contributed by atoms with Gasteiger partial charge in [-0.25, -0.2) is 8.42 Å². The molecule has 100 valence electrons. The van der Waals surface area contributed by atoms with Crippen LogP contribution in [-0.2, 0) is 25.2 Å². The van der Waals surface area contributed by atoms with Crippen LogP contribution in [0.4, 0.5) is 0 Å². The number of carbonyl (C=O) groups excluding carboxylic acids is 2. The molecule has 3 rings (SSSR count). The summed E-state index contributed by atoms with van der Waals surface area (Å²) in [5, 5.41) is 2.21. The van der Waals surface area contributed by atoms with Crippen LogP contribution >= 0.6 is 0 Å². The molecule has 2 heterocycles. The number of nitrogens with one attached hydrogen (secondary N) is 1. The van der Waals surface area contributed by atoms with Gasteiger partial charge in [0.15, 0.2) is 0 Å². The van der Waals surface area contributed by atoms with Crippen LogP contribution < -0.4 is 5.32 Å². The van der Waals surface area contributed by atoms with Gasteiger partial charge in [-0.2, -0.15) is 4.31 Å². The van der Waals surface area contributed by atoms with E-state index in [4.69, 9.17) is 0 Å². The first-order chi connectivity index (χ1) is 8.94. The molecule has 0 radical (unpaired) electrons. The Bertz CT molecular complexity index is 697. The fourth-order valence-electron chi connectivity index (χ4n) is 2.94. The lowest BCUT2D eigenvalue weighted by molar-refractivity contribution is -0.128. The zero-order chi connectivity index (χ0) is 13.8. The van der Waals surface area contributed by atoms with E-state index in [9.17, 15) is 18.0 Å². The first kappa shape index (κ1) is 12.3. The summed E-state index contributed by atoms with van der Waals surface area (Å²) in [7, 11) is -3.72. The third-order valence-electron chi connectivity index (χ3n) is 3.66. The fourth-order valence-corrected chi connectivity index (χ4v) is 4.94. The minimum Gasteiger partial charge on any atom is -0.294 e. The van der Waals surface area contributed by atoms with E-state index >= 15 is 0 Å². The van der Waals surface area contributed by atoms with Crippen LogP contribution in [0.25, 0.3) is 0 Å². The van der Waals surface area contributed by atoms with Crippen molar-refractivity contribution in [2.24, 2.45) is 0 Å². The van der Waals surface area contributed by atoms with Crippen LogP contribution in [0.15, 0.2) is 29.2 Å². The smallest absolute Gasteiger partial charge is 0.253 e. The maximum atomic E-state index is 12.5. The lowest BCUT2D eigenvalue weighted by atomic mass is 9.88. The highest BCUT2D eigenvalue weighted by Gasteiger charge is 2.61. The molecule has 1 spiro atoms. The predicted molar refractivity (Wildman–Crippen MR) is 65.5 cm³/mol. The molecule has 0 aliphatic carbocycles. The molecule has 1 N–H and O–H groups in total. The Morgan fingerprint density at radius 3 is 2.58 bits per heavy atom. The van der Waals surface area contributed by atoms with Gasteiger partial charge in [0.2, 0.25) is 15.9 Å². The number of amides is 2. The van der Waals surface area contributed by atoms with Crippen molar-refractivity contribution in [1.29, 1.82) is 0 Å². The van der Waals surface area contributed by atoms with Crippen LogP contribution in [0.5, 0.6) is 0 Å². The summed E-state index contributed by atoms with van der Waals surface area (Å²) in [6, 6.07) is 6.35. The highest BCUT2D eigenvalue weighted by atomic mass is 32.2. The monoisotopic (exact) mass is 280 g/mol. The van der Waals surface area contributed by atoms with E-state index in [-0.39, 0.29) is 17.9 Å². The van der Waals surface area contributed by atoms with Crippen LogP contribution in [0.3, 0.4) is 0 Å². The first-order valence-corrected chi connectivity index (χ1v) is 7.35. The van der Waals surface area contributed by atoms with Crippen molar-refractivity contribution < 1.29 is 18.0 Å². The molecule has 0 aromatic heterocycles. The molecule has 2 aliphatic rings. The van der Waals surface area contributed by atoms with Gasteiger partial charge in [-0.15, -0.1) is 0 Å². The number of sulfonamides is 1. The highest BCUT2D eigenvalue weighted by Crippen LogP contribution is 2.47. The average Bonchev–Trinajstić information content (AvgIpc) is 2.75. The minimum absolute atomic E-state index is 0.113. The Morgan fingerprint density at radius 2 is 2.00 bits per heavy atom. The molecule has 19 heavy (non-hydrogen) atoms. The zero-order valence-electron chi connectivity index (χ0n) is 10.2. The van der Waals surface area contributed by atoms with Gasteiger partial charge in [-0.05, 0) is 6.07 Å². The van der Waals surface area contributed by atoms with Gasteiger partial charge >= 0.3 is 0 Å². The first-order valence-electron chi connectivity index (χ1n) is 5.91. The Hall–Kier alpha value is -1.73. The Balaban J connectivity index is 2.37. The van der Waals surface area contributed by atoms with E-state index in [1.54, 1.807) is 25.1 Å². The lowest BCUT2D eigenvalue weighted by Gasteiger charge is -2.29. The molecule has 2 aliphatic heterocycles. The van der Waals surface area contributed by atoms with Crippen molar-refractivity contribution in [3.63, 3.8) is 0 Å². The second-order valence-electron chi connectivity index (χ2n) is 4.58. The molecular formula is C12H12N2O4S. The summed E-state index contributed by atoms with van der Waals surface area (Å²) in [5.41, 5.74) is -1.01. The number of carbonyl (C=O) groups is 2. The quantitative estimate of drug-likeness (QED) is 0.731. The van der Waals surface area contributed by atoms with Crippen molar-refractivity contribution in [2.75, 3.05) is 6.54 Å². The van der Waals surface area contributed by atoms with Gasteiger partial charge in [-0.3, -0.25) is 14.9 Å². The highest BCUT2D eigenvalue weighted by molar-refractivity contribution is 7.89. The molecule has 1 saturated heterocycles. The number of nitrogens with zero attached hydrogens (tertiary/aromatic N) is 1. The van der Waals surface area contributed by atoms with Crippen LogP contribution in [0.1, 0.15) is 18.9 Å². The third kappa shape index (κ3) is 1.31. The Labute approximate surface area is 110 Å². The van der Waals surface area contributed by atoms with Crippen molar-refractivity contribution in [3.05, 3.63) is 29.8 Å². The largest absolute Gasteiger partial charge is 0.294 e. The van der Waals surface area contributed by atoms with Crippen LogP contribution in [0.2, 0.25) is 0 Å². The lowest BCUT2D eigenvalue weighted by Crippen LogP contribution is -2.48. The molecule has 7 heteroatoms. The summed E-state index contributed by atoms with van der Waals surface area (Å²) in [6.07, 6.45) is -0.157. The number of rotatable bonds is 1. The molecule has 1 fully saturated rings. The summed E-state index contributed by atoms with van der Waals surface area (Å²) in [6.45, 7) is 1.79. The fraction of sp³-hybridized carbons (Fsp3) is 0.333. The summed E-state index contributed by atoms with van der Waals surface area (Å²) in [5.74, 6) is -1.01. The average molecular weight is 280 g/mol. The van der Waals surface area contributed by atoms with E-state index in [0.717, 1.165) is 4.31 Å². The number of hydrogen-bond donors (Lipinski definition) is 1. The van der Waals surface area contributed by atoms with E-state index in [2.05, 4.69) is 5.32 Å². The Morgan fingerprint density at radius 1 is 1.32 bits per heavy atom. The molecule has 1 atom stereocenters. The molecular weight excluding hydrogens is 268 g/mol. The van der Waals surface area contributed by atoms with E-state index in [0.29, 0.717) is 5.56 Å². The van der Waals surface area contributed by atoms with E-state index in [1.165, 1.54) is 6.07 Å². The van der Waals surface area contributed by atoms with Gasteiger partial charge in [0.25, 0.3) is 5.91 Å². The van der Waals surface area contributed by atoms with E-state index in [1.807, 2.05) is 0 Å². The molecule has 6 nitrogen and oxygen atoms in total. The van der Waals surface area contributed by atoms with Crippen molar-refractivity contribution >= 4 is 21.8 Å². The standard InChI is InChI=1S/C12H12N2O4S/c1-2-14-12(7-10(15)13-11(12)16)8-5-3-4-6-9(8)19(14,17)18/h3-6H,2,7H2,1H3,(H,13,15,16). The van der Waals surface area contributed by atoms with Crippen LogP contribution in [-0.4, -0.2) is 31.1 Å². The van der Waals surface area contributed by atoms with Crippen molar-refractivity contribution in [1.82, 2.24) is 9.62 Å². The SMILES string of the molecule is CCN1C2(CC(=O)NC2=O)c2ccccc2S1(=O)=O. The summed E-state index contributed by atoms with van der Waals surface area (Å²) in [4.78, 5) is 23.8. The van der Waals surface area contributed by atoms with E-state index < -0.39 is 27.4 Å². The molecule has 1 aromatic rings. The topological polar surface area (TPSA) is 83.6 Å². The minimum atomic E-state index is -3.72. The molecule has 0 bridgehead atoms. The maximum Gasteiger partial charge on any atom is 0.253 e. The molecule has 1 aromatic carbocycles. The molecule has 0 saturated carbocycles. The zero-order valence-corrected chi connectivity index (χ0v) is 11.0. The van der Waals surface area contributed by atoms with Crippen molar-refractivity contribution in [2.45, 2.75) is 23.8 Å². The number of hydrogen-bond acceptors (Lipinski definition) is 4. The summed E-state index contributed by atoms with van der Waals surface area (Å²) >= 11 is 0. The number of benzene rings is 1. The molecule has 2 amide bonds. The maximum absolute atomic E-state index is 12.5. The van der Waals surface area contributed by atoms with Gasteiger partial charge in [0.05, 0.1) is 11.3 Å². The third-order valence-corrected chi connectivity index (χ3v) is 5.72. The van der Waals surface area contributed by atoms with Crippen LogP contribution in [0, 0.1) is 0 Å². The molecule has 1 unspecified atom stereocenters. The normalized spacial score (nSPS) is 28.7. The second kappa shape index (κ2) is 3.64. The number of fused-ring (bicyclic) bond motifs is 2. The van der Waals surface area contributed by atoms with Gasteiger partial charge in [0, 0.05) is 12.1 Å². The second-order valence-corrected chi connectivity index (χ2v) is 6.41. The predicted octanol–water partition coefficient (Wildman–Crippen LogP) is -0.0474. The number of imide groups is 1. The Kier molecular flexibility index (Phi) is 2.36. The van der Waals surface area contributed by atoms with Gasteiger partial charge < -0.3 is 0 Å². The van der Waals surface area contributed by atoms with Crippen molar-refractivity contribution in [3.8, 4) is 0 Å².